The summed E-state index contributed by atoms with van der Waals surface area (Å²) in [7, 11) is 0. The van der Waals surface area contributed by atoms with Crippen LogP contribution in [0.1, 0.15) is 12.0 Å². The van der Waals surface area contributed by atoms with Crippen molar-refractivity contribution in [1.82, 2.24) is 4.98 Å². The third-order valence-corrected chi connectivity index (χ3v) is 2.48. The second kappa shape index (κ2) is 3.41. The Labute approximate surface area is 88.6 Å². The molecule has 0 saturated carbocycles. The Kier molecular flexibility index (Phi) is 2.37. The average molecular weight is 236 g/mol. The highest BCUT2D eigenvalue weighted by molar-refractivity contribution is 6.38. The number of H-pyrrole nitrogens is 1. The average Bonchev–Trinajstić information content (AvgIpc) is 2.47. The molecule has 0 spiro atoms. The lowest BCUT2D eigenvalue weighted by atomic mass is 10.2. The zero-order valence-electron chi connectivity index (χ0n) is 6.82. The first kappa shape index (κ1) is 9.74. The third-order valence-electron chi connectivity index (χ3n) is 1.96. The fraction of sp³-hybridized carbons (Fsp3) is 0.111. The van der Waals surface area contributed by atoms with E-state index in [-0.39, 0.29) is 10.6 Å². The minimum absolute atomic E-state index is 0.0957. The summed E-state index contributed by atoms with van der Waals surface area (Å²) in [5, 5.41) is 1.00. The fourth-order valence-corrected chi connectivity index (χ4v) is 1.98. The minimum atomic E-state index is -2.54. The number of aromatic amines is 1. The summed E-state index contributed by atoms with van der Waals surface area (Å²) in [6, 6.07) is 3.01. The SMILES string of the molecule is FC(F)c1c[nH]c2cc(Cl)cc(Cl)c12. The fourth-order valence-electron chi connectivity index (χ4n) is 1.38. The number of aromatic nitrogens is 1. The van der Waals surface area contributed by atoms with E-state index in [0.29, 0.717) is 15.9 Å². The van der Waals surface area contributed by atoms with E-state index in [1.807, 2.05) is 0 Å². The van der Waals surface area contributed by atoms with E-state index < -0.39 is 6.43 Å². The molecule has 0 fully saturated rings. The lowest BCUT2D eigenvalue weighted by Gasteiger charge is -1.99. The summed E-state index contributed by atoms with van der Waals surface area (Å²) in [5.41, 5.74) is 0.430. The summed E-state index contributed by atoms with van der Waals surface area (Å²) in [6.07, 6.45) is -1.29. The Morgan fingerprint density at radius 2 is 1.93 bits per heavy atom. The van der Waals surface area contributed by atoms with Crippen molar-refractivity contribution in [3.05, 3.63) is 33.9 Å². The Morgan fingerprint density at radius 3 is 2.57 bits per heavy atom. The highest BCUT2D eigenvalue weighted by Crippen LogP contribution is 2.34. The van der Waals surface area contributed by atoms with E-state index >= 15 is 0 Å². The number of halogens is 4. The summed E-state index contributed by atoms with van der Waals surface area (Å²) in [4.78, 5) is 2.70. The van der Waals surface area contributed by atoms with Crippen LogP contribution in [0.3, 0.4) is 0 Å². The van der Waals surface area contributed by atoms with E-state index in [1.54, 1.807) is 6.07 Å². The zero-order valence-corrected chi connectivity index (χ0v) is 8.33. The van der Waals surface area contributed by atoms with Crippen molar-refractivity contribution in [2.24, 2.45) is 0 Å². The van der Waals surface area contributed by atoms with Crippen LogP contribution in [0.15, 0.2) is 18.3 Å². The van der Waals surface area contributed by atoms with Gasteiger partial charge in [0.05, 0.1) is 5.02 Å². The number of nitrogens with one attached hydrogen (secondary N) is 1. The van der Waals surface area contributed by atoms with E-state index in [4.69, 9.17) is 23.2 Å². The molecule has 5 heteroatoms. The van der Waals surface area contributed by atoms with Gasteiger partial charge in [0.15, 0.2) is 0 Å². The second-order valence-corrected chi connectivity index (χ2v) is 3.70. The topological polar surface area (TPSA) is 15.8 Å². The van der Waals surface area contributed by atoms with Gasteiger partial charge in [-0.15, -0.1) is 0 Å². The first-order valence-electron chi connectivity index (χ1n) is 3.84. The second-order valence-electron chi connectivity index (χ2n) is 2.85. The lowest BCUT2D eigenvalue weighted by Crippen LogP contribution is -1.81. The number of hydrogen-bond acceptors (Lipinski definition) is 0. The molecular formula is C9H5Cl2F2N. The predicted molar refractivity (Wildman–Crippen MR) is 53.3 cm³/mol. The Morgan fingerprint density at radius 1 is 1.21 bits per heavy atom. The molecule has 14 heavy (non-hydrogen) atoms. The summed E-state index contributed by atoms with van der Waals surface area (Å²) in [6.45, 7) is 0. The molecule has 1 aromatic carbocycles. The first-order chi connectivity index (χ1) is 6.59. The van der Waals surface area contributed by atoms with Crippen molar-refractivity contribution in [1.29, 1.82) is 0 Å². The van der Waals surface area contributed by atoms with Crippen LogP contribution in [0.25, 0.3) is 10.9 Å². The number of alkyl halides is 2. The van der Waals surface area contributed by atoms with Crippen molar-refractivity contribution in [2.75, 3.05) is 0 Å². The Bertz CT molecular complexity index is 479. The molecular weight excluding hydrogens is 231 g/mol. The van der Waals surface area contributed by atoms with Crippen LogP contribution >= 0.6 is 23.2 Å². The highest BCUT2D eigenvalue weighted by atomic mass is 35.5. The van der Waals surface area contributed by atoms with E-state index in [2.05, 4.69) is 4.98 Å². The van der Waals surface area contributed by atoms with E-state index in [1.165, 1.54) is 12.3 Å². The van der Waals surface area contributed by atoms with Gasteiger partial charge < -0.3 is 4.98 Å². The maximum absolute atomic E-state index is 12.5. The van der Waals surface area contributed by atoms with Gasteiger partial charge in [-0.05, 0) is 12.1 Å². The van der Waals surface area contributed by atoms with Crippen LogP contribution < -0.4 is 0 Å². The Balaban J connectivity index is 2.79. The van der Waals surface area contributed by atoms with Crippen molar-refractivity contribution in [3.8, 4) is 0 Å². The largest absolute Gasteiger partial charge is 0.361 e. The Hall–Kier alpha value is -0.800. The van der Waals surface area contributed by atoms with E-state index in [9.17, 15) is 8.78 Å². The zero-order chi connectivity index (χ0) is 10.3. The summed E-state index contributed by atoms with van der Waals surface area (Å²) >= 11 is 11.5. The molecule has 2 rings (SSSR count). The monoisotopic (exact) mass is 235 g/mol. The van der Waals surface area contributed by atoms with Crippen LogP contribution in [0.5, 0.6) is 0 Å². The standard InChI is InChI=1S/C9H5Cl2F2N/c10-4-1-6(11)8-5(9(12)13)3-14-7(8)2-4/h1-3,9,14H. The van der Waals surface area contributed by atoms with Crippen LogP contribution in [-0.4, -0.2) is 4.98 Å². The van der Waals surface area contributed by atoms with Gasteiger partial charge in [-0.1, -0.05) is 23.2 Å². The quantitative estimate of drug-likeness (QED) is 0.754. The number of fused-ring (bicyclic) bond motifs is 1. The molecule has 1 aromatic heterocycles. The van der Waals surface area contributed by atoms with Gasteiger partial charge in [-0.25, -0.2) is 8.78 Å². The molecule has 2 aromatic rings. The van der Waals surface area contributed by atoms with Gasteiger partial charge in [0.2, 0.25) is 0 Å². The van der Waals surface area contributed by atoms with Crippen molar-refractivity contribution >= 4 is 34.1 Å². The van der Waals surface area contributed by atoms with Crippen molar-refractivity contribution < 1.29 is 8.78 Å². The van der Waals surface area contributed by atoms with Gasteiger partial charge in [0.1, 0.15) is 0 Å². The summed E-state index contributed by atoms with van der Waals surface area (Å²) < 4.78 is 25.0. The molecule has 0 saturated heterocycles. The smallest absolute Gasteiger partial charge is 0.265 e. The highest BCUT2D eigenvalue weighted by Gasteiger charge is 2.15. The van der Waals surface area contributed by atoms with Crippen molar-refractivity contribution in [3.63, 3.8) is 0 Å². The van der Waals surface area contributed by atoms with Gasteiger partial charge in [-0.3, -0.25) is 0 Å². The van der Waals surface area contributed by atoms with E-state index in [0.717, 1.165) is 0 Å². The van der Waals surface area contributed by atoms with Gasteiger partial charge in [0.25, 0.3) is 6.43 Å². The van der Waals surface area contributed by atoms with Crippen LogP contribution in [-0.2, 0) is 0 Å². The maximum Gasteiger partial charge on any atom is 0.265 e. The molecule has 0 radical (unpaired) electrons. The minimum Gasteiger partial charge on any atom is -0.361 e. The molecule has 0 unspecified atom stereocenters. The van der Waals surface area contributed by atoms with Crippen LogP contribution in [0.2, 0.25) is 10.0 Å². The molecule has 1 heterocycles. The third kappa shape index (κ3) is 1.47. The van der Waals surface area contributed by atoms with Crippen molar-refractivity contribution in [2.45, 2.75) is 6.43 Å². The number of rotatable bonds is 1. The molecule has 0 amide bonds. The molecule has 0 aliphatic rings. The first-order valence-corrected chi connectivity index (χ1v) is 4.59. The molecule has 0 aliphatic heterocycles. The summed E-state index contributed by atoms with van der Waals surface area (Å²) in [5.74, 6) is 0. The molecule has 1 N–H and O–H groups in total. The maximum atomic E-state index is 12.5. The molecule has 74 valence electrons. The molecule has 0 aliphatic carbocycles. The molecule has 1 nitrogen and oxygen atoms in total. The van der Waals surface area contributed by atoms with Gasteiger partial charge >= 0.3 is 0 Å². The van der Waals surface area contributed by atoms with Crippen LogP contribution in [0.4, 0.5) is 8.78 Å². The number of benzene rings is 1. The lowest BCUT2D eigenvalue weighted by molar-refractivity contribution is 0.153. The molecule has 0 atom stereocenters. The van der Waals surface area contributed by atoms with Crippen LogP contribution in [0, 0.1) is 0 Å². The normalized spacial score (nSPS) is 11.5. The predicted octanol–water partition coefficient (Wildman–Crippen LogP) is 4.41. The molecule has 0 bridgehead atoms. The van der Waals surface area contributed by atoms with Gasteiger partial charge in [-0.2, -0.15) is 0 Å². The number of hydrogen-bond donors (Lipinski definition) is 1. The van der Waals surface area contributed by atoms with Gasteiger partial charge in [0, 0.05) is 27.7 Å².